The number of rotatable bonds is 7. The maximum absolute atomic E-state index is 10.2. The molecule has 0 aliphatic carbocycles. The fourth-order valence-electron chi connectivity index (χ4n) is 0.987. The maximum atomic E-state index is 10.2. The van der Waals surface area contributed by atoms with Crippen molar-refractivity contribution in [1.29, 1.82) is 0 Å². The number of unbranched alkanes of at least 4 members (excludes halogenated alkanes) is 2. The molecule has 0 amide bonds. The van der Waals surface area contributed by atoms with Gasteiger partial charge in [0, 0.05) is 12.3 Å². The van der Waals surface area contributed by atoms with E-state index in [1.54, 1.807) is 0 Å². The molecule has 70 valence electrons. The Morgan fingerprint density at radius 2 is 2.08 bits per heavy atom. The van der Waals surface area contributed by atoms with Crippen LogP contribution in [0.5, 0.6) is 0 Å². The molecule has 0 aromatic heterocycles. The Kier molecular flexibility index (Phi) is 6.34. The number of carbonyl (C=O) groups excluding carboxylic acids is 1. The molecule has 0 aromatic carbocycles. The van der Waals surface area contributed by atoms with Crippen molar-refractivity contribution in [1.82, 2.24) is 0 Å². The van der Waals surface area contributed by atoms with Crippen LogP contribution in [0.2, 0.25) is 0 Å². The lowest BCUT2D eigenvalue weighted by Gasteiger charge is -2.01. The van der Waals surface area contributed by atoms with Gasteiger partial charge in [0.1, 0.15) is 6.29 Å². The highest BCUT2D eigenvalue weighted by Gasteiger charge is 2.00. The summed E-state index contributed by atoms with van der Waals surface area (Å²) < 4.78 is 0. The average molecular weight is 172 g/mol. The van der Waals surface area contributed by atoms with E-state index in [1.165, 1.54) is 0 Å². The Labute approximate surface area is 72.8 Å². The van der Waals surface area contributed by atoms with Crippen LogP contribution in [-0.2, 0) is 9.59 Å². The van der Waals surface area contributed by atoms with Crippen LogP contribution >= 0.6 is 0 Å². The second-order valence-corrected chi connectivity index (χ2v) is 3.11. The minimum absolute atomic E-state index is 0.120. The summed E-state index contributed by atoms with van der Waals surface area (Å²) in [7, 11) is 0. The highest BCUT2D eigenvalue weighted by molar-refractivity contribution is 5.66. The summed E-state index contributed by atoms with van der Waals surface area (Å²) in [5.74, 6) is -0.617. The summed E-state index contributed by atoms with van der Waals surface area (Å²) in [6.07, 6.45) is 4.65. The minimum atomic E-state index is -0.738. The van der Waals surface area contributed by atoms with E-state index in [2.05, 4.69) is 0 Å². The largest absolute Gasteiger partial charge is 0.481 e. The monoisotopic (exact) mass is 172 g/mol. The number of hydrogen-bond acceptors (Lipinski definition) is 2. The van der Waals surface area contributed by atoms with Crippen LogP contribution in [0.25, 0.3) is 0 Å². The fourth-order valence-corrected chi connectivity index (χ4v) is 0.987. The zero-order chi connectivity index (χ0) is 9.40. The van der Waals surface area contributed by atoms with Gasteiger partial charge in [-0.25, -0.2) is 0 Å². The van der Waals surface area contributed by atoms with Crippen molar-refractivity contribution in [3.8, 4) is 0 Å². The van der Waals surface area contributed by atoms with Gasteiger partial charge in [-0.15, -0.1) is 0 Å². The molecular weight excluding hydrogens is 156 g/mol. The van der Waals surface area contributed by atoms with Crippen LogP contribution in [0, 0.1) is 5.92 Å². The van der Waals surface area contributed by atoms with Crippen LogP contribution in [-0.4, -0.2) is 17.4 Å². The molecule has 1 atom stereocenters. The third-order valence-corrected chi connectivity index (χ3v) is 1.78. The summed E-state index contributed by atoms with van der Waals surface area (Å²) in [5, 5.41) is 8.31. The van der Waals surface area contributed by atoms with E-state index in [-0.39, 0.29) is 12.3 Å². The molecule has 3 nitrogen and oxygen atoms in total. The predicted molar refractivity (Wildman–Crippen MR) is 45.9 cm³/mol. The van der Waals surface area contributed by atoms with Crippen molar-refractivity contribution in [2.24, 2.45) is 5.92 Å². The predicted octanol–water partition coefficient (Wildman–Crippen LogP) is 1.86. The molecule has 0 radical (unpaired) electrons. The van der Waals surface area contributed by atoms with Gasteiger partial charge in [-0.2, -0.15) is 0 Å². The van der Waals surface area contributed by atoms with Crippen LogP contribution in [0.4, 0.5) is 0 Å². The van der Waals surface area contributed by atoms with Crippen LogP contribution < -0.4 is 0 Å². The first-order valence-electron chi connectivity index (χ1n) is 4.34. The molecule has 1 N–H and O–H groups in total. The lowest BCUT2D eigenvalue weighted by molar-refractivity contribution is -0.137. The van der Waals surface area contributed by atoms with E-state index in [0.717, 1.165) is 32.0 Å². The molecule has 0 saturated heterocycles. The molecule has 0 aliphatic rings. The quantitative estimate of drug-likeness (QED) is 0.471. The Morgan fingerprint density at radius 1 is 1.42 bits per heavy atom. The topological polar surface area (TPSA) is 54.4 Å². The molecule has 3 heteroatoms. The van der Waals surface area contributed by atoms with Crippen molar-refractivity contribution >= 4 is 12.3 Å². The Morgan fingerprint density at radius 3 is 2.58 bits per heavy atom. The number of aldehydes is 1. The third kappa shape index (κ3) is 7.25. The summed E-state index contributed by atoms with van der Waals surface area (Å²) in [6, 6.07) is 0. The van der Waals surface area contributed by atoms with E-state index in [1.807, 2.05) is 6.92 Å². The van der Waals surface area contributed by atoms with Crippen LogP contribution in [0.1, 0.15) is 39.0 Å². The highest BCUT2D eigenvalue weighted by atomic mass is 16.4. The fraction of sp³-hybridized carbons (Fsp3) is 0.778. The molecule has 1 unspecified atom stereocenters. The summed E-state index contributed by atoms with van der Waals surface area (Å²) in [6.45, 7) is 1.88. The number of carboxylic acid groups (broad SMARTS) is 1. The Balaban J connectivity index is 3.10. The zero-order valence-corrected chi connectivity index (χ0v) is 7.45. The minimum Gasteiger partial charge on any atom is -0.481 e. The molecule has 0 bridgehead atoms. The second-order valence-electron chi connectivity index (χ2n) is 3.11. The van der Waals surface area contributed by atoms with E-state index in [4.69, 9.17) is 5.11 Å². The molecule has 0 rings (SSSR count). The summed E-state index contributed by atoms with van der Waals surface area (Å²) in [5.41, 5.74) is 0. The van der Waals surface area contributed by atoms with Crippen molar-refractivity contribution in [2.45, 2.75) is 39.0 Å². The van der Waals surface area contributed by atoms with Gasteiger partial charge in [0.05, 0.1) is 0 Å². The van der Waals surface area contributed by atoms with Crippen molar-refractivity contribution in [3.63, 3.8) is 0 Å². The van der Waals surface area contributed by atoms with Crippen molar-refractivity contribution < 1.29 is 14.7 Å². The first kappa shape index (κ1) is 11.1. The maximum Gasteiger partial charge on any atom is 0.303 e. The molecule has 0 aromatic rings. The van der Waals surface area contributed by atoms with Crippen molar-refractivity contribution in [3.05, 3.63) is 0 Å². The summed E-state index contributed by atoms with van der Waals surface area (Å²) in [4.78, 5) is 20.3. The number of carbonyl (C=O) groups is 2. The van der Waals surface area contributed by atoms with Gasteiger partial charge in [0.2, 0.25) is 0 Å². The van der Waals surface area contributed by atoms with E-state index in [0.29, 0.717) is 0 Å². The highest BCUT2D eigenvalue weighted by Crippen LogP contribution is 2.08. The van der Waals surface area contributed by atoms with Gasteiger partial charge in [0.25, 0.3) is 0 Å². The zero-order valence-electron chi connectivity index (χ0n) is 7.45. The Hall–Kier alpha value is -0.860. The number of aliphatic carboxylic acids is 1. The van der Waals surface area contributed by atoms with Gasteiger partial charge in [-0.05, 0) is 12.8 Å². The first-order valence-corrected chi connectivity index (χ1v) is 4.34. The van der Waals surface area contributed by atoms with Crippen LogP contribution in [0.3, 0.4) is 0 Å². The molecule has 0 fully saturated rings. The standard InChI is InChI=1S/C9H16O3/c1-8(7-10)5-3-2-4-6-9(11)12/h7-8H,2-6H2,1H3,(H,11,12). The molecular formula is C9H16O3. The third-order valence-electron chi connectivity index (χ3n) is 1.78. The molecule has 0 aliphatic heterocycles. The first-order chi connectivity index (χ1) is 5.66. The van der Waals surface area contributed by atoms with Gasteiger partial charge >= 0.3 is 5.97 Å². The van der Waals surface area contributed by atoms with Crippen LogP contribution in [0.15, 0.2) is 0 Å². The van der Waals surface area contributed by atoms with E-state index < -0.39 is 5.97 Å². The summed E-state index contributed by atoms with van der Waals surface area (Å²) >= 11 is 0. The average Bonchev–Trinajstić information content (AvgIpc) is 2.03. The van der Waals surface area contributed by atoms with Gasteiger partial charge < -0.3 is 9.90 Å². The van der Waals surface area contributed by atoms with Gasteiger partial charge in [-0.3, -0.25) is 4.79 Å². The van der Waals surface area contributed by atoms with Gasteiger partial charge in [-0.1, -0.05) is 19.8 Å². The number of carboxylic acids is 1. The molecule has 0 saturated carbocycles. The lowest BCUT2D eigenvalue weighted by atomic mass is 10.0. The van der Waals surface area contributed by atoms with Crippen molar-refractivity contribution in [2.75, 3.05) is 0 Å². The van der Waals surface area contributed by atoms with E-state index in [9.17, 15) is 9.59 Å². The Bertz CT molecular complexity index is 143. The smallest absolute Gasteiger partial charge is 0.303 e. The second kappa shape index (κ2) is 6.83. The molecule has 0 spiro atoms. The molecule has 12 heavy (non-hydrogen) atoms. The lowest BCUT2D eigenvalue weighted by Crippen LogP contribution is -1.97. The normalized spacial score (nSPS) is 12.4. The van der Waals surface area contributed by atoms with Gasteiger partial charge in [0.15, 0.2) is 0 Å². The molecule has 0 heterocycles. The SMILES string of the molecule is CC(C=O)CCCCCC(=O)O. The van der Waals surface area contributed by atoms with E-state index >= 15 is 0 Å². The number of hydrogen-bond donors (Lipinski definition) is 1.